The van der Waals surface area contributed by atoms with Crippen LogP contribution in [0.2, 0.25) is 0 Å². The van der Waals surface area contributed by atoms with Crippen LogP contribution in [0.4, 0.5) is 8.78 Å². The number of alkyl halides is 2. The van der Waals surface area contributed by atoms with Gasteiger partial charge in [-0.05, 0) is 19.4 Å². The lowest BCUT2D eigenvalue weighted by molar-refractivity contribution is -0.150. The fraction of sp³-hybridized carbons (Fsp3) is 0.833. The average Bonchev–Trinajstić information content (AvgIpc) is 1.99. The Morgan fingerprint density at radius 1 is 1.54 bits per heavy atom. The third kappa shape index (κ3) is 3.62. The first kappa shape index (κ1) is 14.7. The summed E-state index contributed by atoms with van der Waals surface area (Å²) in [6, 6.07) is 0. The number of carbonyl (C=O) groups is 1. The highest BCUT2D eigenvalue weighted by molar-refractivity contribution is 5.79. The van der Waals surface area contributed by atoms with E-state index in [9.17, 15) is 13.6 Å². The summed E-state index contributed by atoms with van der Waals surface area (Å²) in [5, 5.41) is 8.38. The third-order valence-corrected chi connectivity index (χ3v) is 1.58. The van der Waals surface area contributed by atoms with E-state index in [1.165, 1.54) is 0 Å². The highest BCUT2D eigenvalue weighted by atomic mass is 19.3. The summed E-state index contributed by atoms with van der Waals surface area (Å²) >= 11 is 0. The molecule has 13 heavy (non-hydrogen) atoms. The quantitative estimate of drug-likeness (QED) is 0.524. The molecule has 5 nitrogen and oxygen atoms in total. The lowest BCUT2D eigenvalue weighted by Crippen LogP contribution is -2.54. The highest BCUT2D eigenvalue weighted by Crippen LogP contribution is 2.18. The molecule has 0 aromatic rings. The van der Waals surface area contributed by atoms with Gasteiger partial charge < -0.3 is 22.1 Å². The maximum Gasteiger partial charge on any atom is 0.329 e. The largest absolute Gasteiger partial charge is 0.480 e. The number of hydrogen-bond donors (Lipinski definition) is 3. The zero-order valence-corrected chi connectivity index (χ0v) is 6.96. The molecule has 0 saturated heterocycles. The van der Waals surface area contributed by atoms with Crippen LogP contribution in [0, 0.1) is 0 Å². The predicted molar refractivity (Wildman–Crippen MR) is 42.5 cm³/mol. The first-order valence-electron chi connectivity index (χ1n) is 3.45. The second kappa shape index (κ2) is 5.79. The van der Waals surface area contributed by atoms with Crippen molar-refractivity contribution in [2.75, 3.05) is 6.54 Å². The van der Waals surface area contributed by atoms with Crippen molar-refractivity contribution < 1.29 is 24.2 Å². The molecule has 0 aliphatic carbocycles. The SMILES string of the molecule is NCCCC(N)(C(=O)O)C(F)F.O. The van der Waals surface area contributed by atoms with Crippen molar-refractivity contribution >= 4 is 5.97 Å². The minimum atomic E-state index is -3.07. The molecule has 0 amide bonds. The van der Waals surface area contributed by atoms with Crippen molar-refractivity contribution in [2.24, 2.45) is 11.5 Å². The molecule has 0 bridgehead atoms. The van der Waals surface area contributed by atoms with E-state index in [1.807, 2.05) is 0 Å². The Bertz CT molecular complexity index is 168. The molecular weight excluding hydrogens is 186 g/mol. The van der Waals surface area contributed by atoms with E-state index in [4.69, 9.17) is 16.6 Å². The van der Waals surface area contributed by atoms with Gasteiger partial charge in [0, 0.05) is 0 Å². The van der Waals surface area contributed by atoms with Crippen LogP contribution in [0.1, 0.15) is 12.8 Å². The summed E-state index contributed by atoms with van der Waals surface area (Å²) in [6.07, 6.45) is -3.20. The second-order valence-corrected chi connectivity index (χ2v) is 2.54. The predicted octanol–water partition coefficient (Wildman–Crippen LogP) is -1.05. The number of carboxylic acid groups (broad SMARTS) is 1. The molecule has 1 atom stereocenters. The topological polar surface area (TPSA) is 121 Å². The molecule has 0 rings (SSSR count). The first-order chi connectivity index (χ1) is 5.45. The Balaban J connectivity index is 0. The standard InChI is InChI=1S/C6H12F2N2O2.H2O/c7-4(8)6(10,5(11)12)2-1-3-9;/h4H,1-3,9-10H2,(H,11,12);1H2. The Labute approximate surface area is 74.0 Å². The number of aliphatic carboxylic acids is 1. The highest BCUT2D eigenvalue weighted by Gasteiger charge is 2.42. The number of rotatable bonds is 5. The third-order valence-electron chi connectivity index (χ3n) is 1.58. The maximum absolute atomic E-state index is 12.1. The molecule has 0 saturated carbocycles. The second-order valence-electron chi connectivity index (χ2n) is 2.54. The summed E-state index contributed by atoms with van der Waals surface area (Å²) in [4.78, 5) is 10.3. The molecule has 80 valence electrons. The lowest BCUT2D eigenvalue weighted by atomic mass is 9.95. The summed E-state index contributed by atoms with van der Waals surface area (Å²) in [7, 11) is 0. The van der Waals surface area contributed by atoms with E-state index >= 15 is 0 Å². The zero-order valence-electron chi connectivity index (χ0n) is 6.96. The molecule has 7 N–H and O–H groups in total. The maximum atomic E-state index is 12.1. The van der Waals surface area contributed by atoms with E-state index in [2.05, 4.69) is 0 Å². The molecule has 0 heterocycles. The van der Waals surface area contributed by atoms with Crippen LogP contribution in [0.15, 0.2) is 0 Å². The van der Waals surface area contributed by atoms with Crippen LogP contribution in [0.5, 0.6) is 0 Å². The van der Waals surface area contributed by atoms with Crippen molar-refractivity contribution in [3.8, 4) is 0 Å². The van der Waals surface area contributed by atoms with Crippen molar-refractivity contribution in [1.29, 1.82) is 0 Å². The molecule has 0 aliphatic heterocycles. The van der Waals surface area contributed by atoms with Gasteiger partial charge in [0.05, 0.1) is 0 Å². The van der Waals surface area contributed by atoms with Crippen molar-refractivity contribution in [1.82, 2.24) is 0 Å². The van der Waals surface area contributed by atoms with Crippen molar-refractivity contribution in [3.63, 3.8) is 0 Å². The number of halogens is 2. The van der Waals surface area contributed by atoms with E-state index in [0.29, 0.717) is 0 Å². The van der Waals surface area contributed by atoms with E-state index < -0.39 is 17.9 Å². The molecule has 1 unspecified atom stereocenters. The summed E-state index contributed by atoms with van der Waals surface area (Å²) < 4.78 is 24.2. The number of nitrogens with two attached hydrogens (primary N) is 2. The normalized spacial score (nSPS) is 14.8. The Kier molecular flexibility index (Phi) is 6.55. The van der Waals surface area contributed by atoms with Crippen LogP contribution in [-0.2, 0) is 4.79 Å². The van der Waals surface area contributed by atoms with Gasteiger partial charge in [0.1, 0.15) is 0 Å². The van der Waals surface area contributed by atoms with E-state index in [0.717, 1.165) is 0 Å². The van der Waals surface area contributed by atoms with E-state index in [1.54, 1.807) is 0 Å². The monoisotopic (exact) mass is 200 g/mol. The molecular formula is C6H14F2N2O3. The molecule has 0 spiro atoms. The number of carboxylic acids is 1. The van der Waals surface area contributed by atoms with Gasteiger partial charge in [-0.25, -0.2) is 13.6 Å². The smallest absolute Gasteiger partial charge is 0.329 e. The molecule has 7 heteroatoms. The fourth-order valence-electron chi connectivity index (χ4n) is 0.704. The average molecular weight is 200 g/mol. The molecule has 0 aromatic carbocycles. The van der Waals surface area contributed by atoms with Gasteiger partial charge in [0.15, 0.2) is 5.54 Å². The summed E-state index contributed by atoms with van der Waals surface area (Å²) in [5.41, 5.74) is 7.56. The summed E-state index contributed by atoms with van der Waals surface area (Å²) in [5.74, 6) is -1.69. The van der Waals surface area contributed by atoms with Crippen LogP contribution >= 0.6 is 0 Å². The van der Waals surface area contributed by atoms with Gasteiger partial charge in [-0.1, -0.05) is 0 Å². The van der Waals surface area contributed by atoms with Gasteiger partial charge in [0.25, 0.3) is 6.43 Å². The van der Waals surface area contributed by atoms with Crippen LogP contribution in [0.25, 0.3) is 0 Å². The Morgan fingerprint density at radius 3 is 2.23 bits per heavy atom. The van der Waals surface area contributed by atoms with Gasteiger partial charge in [0.2, 0.25) is 0 Å². The van der Waals surface area contributed by atoms with E-state index in [-0.39, 0.29) is 24.9 Å². The van der Waals surface area contributed by atoms with Crippen LogP contribution < -0.4 is 11.5 Å². The fourth-order valence-corrected chi connectivity index (χ4v) is 0.704. The molecule has 0 radical (unpaired) electrons. The lowest BCUT2D eigenvalue weighted by Gasteiger charge is -2.22. The van der Waals surface area contributed by atoms with Crippen molar-refractivity contribution in [3.05, 3.63) is 0 Å². The minimum Gasteiger partial charge on any atom is -0.480 e. The number of hydrogen-bond acceptors (Lipinski definition) is 3. The zero-order chi connectivity index (χ0) is 9.78. The Hall–Kier alpha value is -0.790. The Morgan fingerprint density at radius 2 is 2.00 bits per heavy atom. The minimum absolute atomic E-state index is 0. The van der Waals surface area contributed by atoms with Gasteiger partial charge >= 0.3 is 5.97 Å². The van der Waals surface area contributed by atoms with Crippen molar-refractivity contribution in [2.45, 2.75) is 24.8 Å². The first-order valence-corrected chi connectivity index (χ1v) is 3.45. The van der Waals surface area contributed by atoms with Gasteiger partial charge in [-0.2, -0.15) is 0 Å². The molecule has 0 aliphatic rings. The van der Waals surface area contributed by atoms with Gasteiger partial charge in [-0.3, -0.25) is 0 Å². The molecule has 0 aromatic heterocycles. The van der Waals surface area contributed by atoms with Gasteiger partial charge in [-0.15, -0.1) is 0 Å². The van der Waals surface area contributed by atoms with Crippen LogP contribution in [0.3, 0.4) is 0 Å². The molecule has 0 fully saturated rings. The summed E-state index contributed by atoms with van der Waals surface area (Å²) in [6.45, 7) is 0.152. The van der Waals surface area contributed by atoms with Crippen LogP contribution in [-0.4, -0.2) is 35.1 Å².